The van der Waals surface area contributed by atoms with E-state index in [1.807, 2.05) is 0 Å². The molecule has 1 aromatic rings. The third-order valence-electron chi connectivity index (χ3n) is 9.06. The Labute approximate surface area is 284 Å². The number of rotatable bonds is 2. The zero-order chi connectivity index (χ0) is 36.9. The van der Waals surface area contributed by atoms with Gasteiger partial charge >= 0.3 is 5.97 Å². The minimum Gasteiger partial charge on any atom is -0.507 e. The molecule has 0 aromatic heterocycles. The van der Waals surface area contributed by atoms with Gasteiger partial charge in [-0.05, 0) is 26.8 Å². The maximum Gasteiger partial charge on any atom is 0.302 e. The molecule has 0 saturated carbocycles. The number of hydrogen-bond donors (Lipinski definition) is 5. The number of methoxy groups -OCH3 is 1. The highest BCUT2D eigenvalue weighted by molar-refractivity contribution is 6.30. The summed E-state index contributed by atoms with van der Waals surface area (Å²) in [5.74, 6) is -7.35. The molecule has 266 valence electrons. The van der Waals surface area contributed by atoms with Crippen molar-refractivity contribution in [1.82, 2.24) is 5.32 Å². The van der Waals surface area contributed by atoms with E-state index in [0.717, 1.165) is 12.3 Å². The van der Waals surface area contributed by atoms with Gasteiger partial charge in [0.15, 0.2) is 11.9 Å². The predicted molar refractivity (Wildman–Crippen MR) is 177 cm³/mol. The molecule has 2 heterocycles. The molecule has 13 heteroatoms. The number of hydrogen-bond acceptors (Lipinski definition) is 12. The summed E-state index contributed by atoms with van der Waals surface area (Å²) in [6.07, 6.45) is 3.00. The van der Waals surface area contributed by atoms with E-state index >= 15 is 0 Å². The molecular weight excluding hydrogens is 638 g/mol. The van der Waals surface area contributed by atoms with Crippen LogP contribution in [-0.2, 0) is 23.8 Å². The van der Waals surface area contributed by atoms with Crippen LogP contribution < -0.4 is 5.32 Å². The summed E-state index contributed by atoms with van der Waals surface area (Å²) in [6, 6.07) is 0. The van der Waals surface area contributed by atoms with Gasteiger partial charge in [0.2, 0.25) is 11.6 Å². The van der Waals surface area contributed by atoms with Gasteiger partial charge in [-0.1, -0.05) is 39.0 Å². The molecule has 3 aliphatic rings. The minimum absolute atomic E-state index is 0.0671. The third kappa shape index (κ3) is 8.53. The molecule has 0 spiro atoms. The van der Waals surface area contributed by atoms with Crippen molar-refractivity contribution >= 4 is 29.2 Å². The van der Waals surface area contributed by atoms with Crippen molar-refractivity contribution in [3.05, 3.63) is 70.2 Å². The molecule has 1 amide bonds. The Morgan fingerprint density at radius 2 is 1.55 bits per heavy atom. The molecule has 2 aliphatic heterocycles. The Balaban J connectivity index is 2.13. The van der Waals surface area contributed by atoms with E-state index in [2.05, 4.69) is 5.32 Å². The second-order valence-electron chi connectivity index (χ2n) is 12.6. The van der Waals surface area contributed by atoms with Gasteiger partial charge in [-0.2, -0.15) is 0 Å². The first-order valence-corrected chi connectivity index (χ1v) is 15.9. The van der Waals surface area contributed by atoms with Crippen LogP contribution in [0.2, 0.25) is 0 Å². The lowest BCUT2D eigenvalue weighted by Crippen LogP contribution is -2.43. The van der Waals surface area contributed by atoms with Gasteiger partial charge in [-0.25, -0.2) is 0 Å². The van der Waals surface area contributed by atoms with Gasteiger partial charge in [-0.15, -0.1) is 0 Å². The number of allylic oxidation sites excluding steroid dienone is 4. The highest BCUT2D eigenvalue weighted by atomic mass is 16.5. The van der Waals surface area contributed by atoms with E-state index in [-0.39, 0.29) is 17.6 Å². The largest absolute Gasteiger partial charge is 0.507 e. The smallest absolute Gasteiger partial charge is 0.302 e. The van der Waals surface area contributed by atoms with E-state index < -0.39 is 111 Å². The molecule has 13 nitrogen and oxygen atoms in total. The summed E-state index contributed by atoms with van der Waals surface area (Å²) in [5, 5.41) is 46.4. The monoisotopic (exact) mass is 683 g/mol. The fourth-order valence-corrected chi connectivity index (χ4v) is 5.80. The first kappa shape index (κ1) is 38.9. The zero-order valence-corrected chi connectivity index (χ0v) is 28.8. The van der Waals surface area contributed by atoms with Crippen LogP contribution in [0.4, 0.5) is 0 Å². The maximum absolute atomic E-state index is 13.6. The van der Waals surface area contributed by atoms with Crippen LogP contribution in [0.25, 0.3) is 0 Å². The summed E-state index contributed by atoms with van der Waals surface area (Å²) in [6.45, 7) is 10.4. The molecule has 49 heavy (non-hydrogen) atoms. The topological polar surface area (TPSA) is 206 Å². The third-order valence-corrected chi connectivity index (χ3v) is 9.06. The number of ketones is 3. The molecule has 8 atom stereocenters. The van der Waals surface area contributed by atoms with Crippen LogP contribution in [0, 0.1) is 24.7 Å². The SMILES string of the molecule is CO[C@H]1/C=C/OC(C)C(=O)c2c(O)c(C)c(O)c3c2C(=O)C=C(NC(=O)/C(C)=C\C=C\[C@H](C)[C@H](O)[C@@H](C)[C@@H](O)[C@@H](C)[C@H](OC(C)=O)C1)C3=O. The number of carbonyl (C=O) groups is 5. The van der Waals surface area contributed by atoms with Gasteiger partial charge in [0.1, 0.15) is 17.6 Å². The van der Waals surface area contributed by atoms with E-state index in [1.165, 1.54) is 53.0 Å². The van der Waals surface area contributed by atoms with Crippen molar-refractivity contribution in [3.8, 4) is 11.5 Å². The fourth-order valence-electron chi connectivity index (χ4n) is 5.80. The van der Waals surface area contributed by atoms with Gasteiger partial charge in [0.05, 0.1) is 47.0 Å². The van der Waals surface area contributed by atoms with Crippen molar-refractivity contribution in [2.24, 2.45) is 17.8 Å². The molecule has 0 saturated heterocycles. The summed E-state index contributed by atoms with van der Waals surface area (Å²) in [7, 11) is 1.40. The lowest BCUT2D eigenvalue weighted by molar-refractivity contribution is -0.155. The molecule has 1 aliphatic carbocycles. The molecule has 5 N–H and O–H groups in total. The molecule has 0 radical (unpaired) electrons. The average Bonchev–Trinajstić information content (AvgIpc) is 3.05. The summed E-state index contributed by atoms with van der Waals surface area (Å²) >= 11 is 0. The second kappa shape index (κ2) is 16.2. The zero-order valence-electron chi connectivity index (χ0n) is 28.8. The van der Waals surface area contributed by atoms with Crippen molar-refractivity contribution in [3.63, 3.8) is 0 Å². The van der Waals surface area contributed by atoms with Crippen LogP contribution in [0.15, 0.2) is 47.9 Å². The second-order valence-corrected chi connectivity index (χ2v) is 12.6. The lowest BCUT2D eigenvalue weighted by Gasteiger charge is -2.35. The fraction of sp³-hybridized carbons (Fsp3) is 0.472. The minimum atomic E-state index is -1.32. The number of esters is 1. The Morgan fingerprint density at radius 1 is 0.918 bits per heavy atom. The van der Waals surface area contributed by atoms with Gasteiger partial charge in [0, 0.05) is 55.4 Å². The molecule has 0 fully saturated rings. The molecular formula is C36H45NO12. The van der Waals surface area contributed by atoms with Gasteiger partial charge in [0.25, 0.3) is 5.91 Å². The van der Waals surface area contributed by atoms with E-state index in [9.17, 15) is 44.4 Å². The number of nitrogens with one attached hydrogen (secondary N) is 1. The van der Waals surface area contributed by atoms with Crippen LogP contribution in [0.3, 0.4) is 0 Å². The predicted octanol–water partition coefficient (Wildman–Crippen LogP) is 3.37. The Morgan fingerprint density at radius 3 is 2.16 bits per heavy atom. The summed E-state index contributed by atoms with van der Waals surface area (Å²) in [5.41, 5.74) is -2.18. The molecule has 4 bridgehead atoms. The molecule has 1 unspecified atom stereocenters. The van der Waals surface area contributed by atoms with Crippen LogP contribution in [-0.4, -0.2) is 87.3 Å². The number of benzene rings is 1. The van der Waals surface area contributed by atoms with Crippen molar-refractivity contribution in [2.45, 2.75) is 85.4 Å². The number of aliphatic hydroxyl groups is 2. The summed E-state index contributed by atoms with van der Waals surface area (Å²) in [4.78, 5) is 65.5. The average molecular weight is 684 g/mol. The van der Waals surface area contributed by atoms with Crippen LogP contribution in [0.5, 0.6) is 11.5 Å². The molecule has 1 aromatic carbocycles. The number of ether oxygens (including phenoxy) is 3. The Kier molecular flexibility index (Phi) is 12.9. The van der Waals surface area contributed by atoms with Crippen molar-refractivity contribution in [2.75, 3.05) is 7.11 Å². The number of aliphatic hydroxyl groups excluding tert-OH is 2. The molecule has 4 rings (SSSR count). The first-order chi connectivity index (χ1) is 22.9. The van der Waals surface area contributed by atoms with E-state index in [1.54, 1.807) is 26.8 Å². The number of aromatic hydroxyl groups is 2. The first-order valence-electron chi connectivity index (χ1n) is 15.9. The lowest BCUT2D eigenvalue weighted by atomic mass is 9.81. The Bertz CT molecular complexity index is 1620. The van der Waals surface area contributed by atoms with E-state index in [4.69, 9.17) is 14.2 Å². The highest BCUT2D eigenvalue weighted by Crippen LogP contribution is 2.41. The number of fused-ring (bicyclic) bond motifs is 16. The maximum atomic E-state index is 13.6. The Hall–Kier alpha value is -4.59. The highest BCUT2D eigenvalue weighted by Gasteiger charge is 2.39. The quantitative estimate of drug-likeness (QED) is 0.285. The van der Waals surface area contributed by atoms with Gasteiger partial charge < -0.3 is 40.0 Å². The summed E-state index contributed by atoms with van der Waals surface area (Å²) < 4.78 is 16.7. The standard InChI is InChI=1S/C36H45NO12/c1-16-10-9-11-17(2)36(46)37-24-15-25(39)27-28(32(42)20(5)33(43)29(27)35(24)45)34(44)21(6)48-13-12-23(47-8)14-26(49-22(7)38)18(3)31(41)19(4)30(16)40/h9-13,15-16,18-19,21,23,26,30-31,40-43H,14H2,1-8H3,(H,37,46)/b10-9+,13-12+,17-11-/t16-,18-,19+,21?,23-,26+,30-,31-/m0/s1. The van der Waals surface area contributed by atoms with Crippen LogP contribution >= 0.6 is 0 Å². The number of carbonyl (C=O) groups excluding carboxylic acids is 5. The van der Waals surface area contributed by atoms with E-state index in [0.29, 0.717) is 0 Å². The number of Topliss-reactive ketones (excluding diaryl/α,β-unsaturated/α-hetero) is 2. The number of phenols is 2. The van der Waals surface area contributed by atoms with Gasteiger partial charge in [-0.3, -0.25) is 24.0 Å². The normalized spacial score (nSPS) is 31.4. The number of amides is 1. The number of phenolic OH excluding ortho intramolecular Hbond substituents is 2. The van der Waals surface area contributed by atoms with Crippen LogP contribution in [0.1, 0.15) is 84.6 Å². The van der Waals surface area contributed by atoms with Crippen molar-refractivity contribution in [1.29, 1.82) is 0 Å². The van der Waals surface area contributed by atoms with Crippen molar-refractivity contribution < 1.29 is 58.6 Å².